The Kier molecular flexibility index (Phi) is 2.71. The average molecular weight is 210 g/mol. The first-order chi connectivity index (χ1) is 7.34. The van der Waals surface area contributed by atoms with Gasteiger partial charge in [0.25, 0.3) is 0 Å². The molecular formula is C12H22N2O. The first kappa shape index (κ1) is 10.1. The van der Waals surface area contributed by atoms with E-state index in [1.807, 2.05) is 0 Å². The van der Waals surface area contributed by atoms with E-state index < -0.39 is 0 Å². The topological polar surface area (TPSA) is 24.5 Å². The molecule has 0 aliphatic carbocycles. The van der Waals surface area contributed by atoms with E-state index in [2.05, 4.69) is 17.1 Å². The molecule has 4 unspecified atom stereocenters. The number of nitrogens with one attached hydrogen (secondary N) is 1. The van der Waals surface area contributed by atoms with Crippen molar-refractivity contribution >= 4 is 0 Å². The lowest BCUT2D eigenvalue weighted by molar-refractivity contribution is 0.0814. The summed E-state index contributed by atoms with van der Waals surface area (Å²) in [4.78, 5) is 2.67. The third-order valence-electron chi connectivity index (χ3n) is 4.43. The largest absolute Gasteiger partial charge is 0.377 e. The van der Waals surface area contributed by atoms with Crippen molar-refractivity contribution in [2.75, 3.05) is 26.2 Å². The van der Waals surface area contributed by atoms with E-state index in [-0.39, 0.29) is 0 Å². The zero-order chi connectivity index (χ0) is 10.3. The number of likely N-dealkylation sites (tertiary alicyclic amines) is 1. The van der Waals surface area contributed by atoms with Gasteiger partial charge in [0.2, 0.25) is 0 Å². The van der Waals surface area contributed by atoms with E-state index in [0.717, 1.165) is 18.6 Å². The van der Waals surface area contributed by atoms with Crippen molar-refractivity contribution in [1.29, 1.82) is 0 Å². The summed E-state index contributed by atoms with van der Waals surface area (Å²) in [5, 5.41) is 3.67. The van der Waals surface area contributed by atoms with Crippen LogP contribution in [0, 0.1) is 5.92 Å². The highest BCUT2D eigenvalue weighted by atomic mass is 16.5. The number of hydrogen-bond donors (Lipinski definition) is 1. The van der Waals surface area contributed by atoms with Gasteiger partial charge in [-0.2, -0.15) is 0 Å². The highest BCUT2D eigenvalue weighted by Crippen LogP contribution is 2.30. The predicted octanol–water partition coefficient (Wildman–Crippen LogP) is 0.848. The van der Waals surface area contributed by atoms with E-state index in [0.29, 0.717) is 12.1 Å². The summed E-state index contributed by atoms with van der Waals surface area (Å²) >= 11 is 0. The van der Waals surface area contributed by atoms with Gasteiger partial charge < -0.3 is 10.1 Å². The van der Waals surface area contributed by atoms with Crippen LogP contribution >= 0.6 is 0 Å². The van der Waals surface area contributed by atoms with Crippen molar-refractivity contribution < 1.29 is 4.74 Å². The molecule has 0 aromatic heterocycles. The van der Waals surface area contributed by atoms with E-state index in [1.165, 1.54) is 38.9 Å². The van der Waals surface area contributed by atoms with Gasteiger partial charge >= 0.3 is 0 Å². The maximum absolute atomic E-state index is 5.67. The minimum atomic E-state index is 0.449. The number of hydrogen-bond acceptors (Lipinski definition) is 3. The molecule has 4 atom stereocenters. The molecule has 0 spiro atoms. The van der Waals surface area contributed by atoms with Gasteiger partial charge in [0, 0.05) is 31.8 Å². The molecule has 3 aliphatic rings. The van der Waals surface area contributed by atoms with Crippen LogP contribution < -0.4 is 5.32 Å². The molecule has 0 aromatic rings. The van der Waals surface area contributed by atoms with Crippen LogP contribution in [0.2, 0.25) is 0 Å². The molecule has 0 bridgehead atoms. The summed E-state index contributed by atoms with van der Waals surface area (Å²) in [7, 11) is 0. The number of rotatable bonds is 1. The third-order valence-corrected chi connectivity index (χ3v) is 4.43. The predicted molar refractivity (Wildman–Crippen MR) is 59.9 cm³/mol. The van der Waals surface area contributed by atoms with Crippen molar-refractivity contribution in [1.82, 2.24) is 10.2 Å². The fourth-order valence-corrected chi connectivity index (χ4v) is 3.55. The number of ether oxygens (including phenoxy) is 1. The Morgan fingerprint density at radius 2 is 2.20 bits per heavy atom. The lowest BCUT2D eigenvalue weighted by Crippen LogP contribution is -2.42. The number of nitrogens with zero attached hydrogens (tertiary/aromatic N) is 1. The maximum Gasteiger partial charge on any atom is 0.0703 e. The second-order valence-corrected chi connectivity index (χ2v) is 5.35. The molecule has 0 aromatic carbocycles. The van der Waals surface area contributed by atoms with Crippen molar-refractivity contribution in [3.63, 3.8) is 0 Å². The molecular weight excluding hydrogens is 188 g/mol. The van der Waals surface area contributed by atoms with Gasteiger partial charge in [0.05, 0.1) is 6.10 Å². The quantitative estimate of drug-likeness (QED) is 0.694. The van der Waals surface area contributed by atoms with Crippen LogP contribution in [0.5, 0.6) is 0 Å². The van der Waals surface area contributed by atoms with Crippen molar-refractivity contribution in [3.05, 3.63) is 0 Å². The van der Waals surface area contributed by atoms with Gasteiger partial charge in [-0.1, -0.05) is 0 Å². The van der Waals surface area contributed by atoms with Crippen LogP contribution in [0.3, 0.4) is 0 Å². The molecule has 3 nitrogen and oxygen atoms in total. The van der Waals surface area contributed by atoms with E-state index >= 15 is 0 Å². The average Bonchev–Trinajstić information content (AvgIpc) is 2.82. The first-order valence-corrected chi connectivity index (χ1v) is 6.43. The highest BCUT2D eigenvalue weighted by molar-refractivity contribution is 4.96. The Labute approximate surface area is 92.2 Å². The minimum absolute atomic E-state index is 0.449. The highest BCUT2D eigenvalue weighted by Gasteiger charge is 2.40. The van der Waals surface area contributed by atoms with Crippen molar-refractivity contribution in [3.8, 4) is 0 Å². The van der Waals surface area contributed by atoms with Gasteiger partial charge in [-0.3, -0.25) is 4.90 Å². The standard InChI is InChI=1S/C12H22N2O/c1-9-12(4-6-15-9)14-7-10-3-2-5-13-11(10)8-14/h9-13H,2-8H2,1H3. The van der Waals surface area contributed by atoms with Crippen LogP contribution in [0.25, 0.3) is 0 Å². The fraction of sp³-hybridized carbons (Fsp3) is 1.00. The molecule has 86 valence electrons. The molecule has 3 aliphatic heterocycles. The van der Waals surface area contributed by atoms with Crippen LogP contribution in [0.4, 0.5) is 0 Å². The molecule has 3 saturated heterocycles. The minimum Gasteiger partial charge on any atom is -0.377 e. The summed E-state index contributed by atoms with van der Waals surface area (Å²) in [6.07, 6.45) is 4.48. The molecule has 0 radical (unpaired) electrons. The second kappa shape index (κ2) is 4.04. The number of piperidine rings is 1. The SMILES string of the molecule is CC1OCCC1N1CC2CCCNC2C1. The van der Waals surface area contributed by atoms with Crippen LogP contribution in [-0.4, -0.2) is 49.3 Å². The van der Waals surface area contributed by atoms with Gasteiger partial charge in [-0.15, -0.1) is 0 Å². The van der Waals surface area contributed by atoms with Crippen LogP contribution in [0.1, 0.15) is 26.2 Å². The van der Waals surface area contributed by atoms with E-state index in [4.69, 9.17) is 4.74 Å². The van der Waals surface area contributed by atoms with Gasteiger partial charge in [0.1, 0.15) is 0 Å². The number of fused-ring (bicyclic) bond motifs is 1. The molecule has 3 fully saturated rings. The summed E-state index contributed by atoms with van der Waals surface area (Å²) < 4.78 is 5.67. The monoisotopic (exact) mass is 210 g/mol. The van der Waals surface area contributed by atoms with Gasteiger partial charge in [-0.25, -0.2) is 0 Å². The van der Waals surface area contributed by atoms with E-state index in [1.54, 1.807) is 0 Å². The molecule has 0 saturated carbocycles. The Morgan fingerprint density at radius 3 is 2.93 bits per heavy atom. The Bertz CT molecular complexity index is 220. The summed E-state index contributed by atoms with van der Waals surface area (Å²) in [5.41, 5.74) is 0. The van der Waals surface area contributed by atoms with Crippen molar-refractivity contribution in [2.24, 2.45) is 5.92 Å². The molecule has 3 heterocycles. The first-order valence-electron chi connectivity index (χ1n) is 6.43. The third kappa shape index (κ3) is 1.81. The molecule has 1 N–H and O–H groups in total. The fourth-order valence-electron chi connectivity index (χ4n) is 3.55. The maximum atomic E-state index is 5.67. The summed E-state index contributed by atoms with van der Waals surface area (Å²) in [5.74, 6) is 0.909. The van der Waals surface area contributed by atoms with Crippen molar-refractivity contribution in [2.45, 2.75) is 44.4 Å². The van der Waals surface area contributed by atoms with Gasteiger partial charge in [0.15, 0.2) is 0 Å². The Morgan fingerprint density at radius 1 is 1.27 bits per heavy atom. The molecule has 15 heavy (non-hydrogen) atoms. The Hall–Kier alpha value is -0.120. The zero-order valence-electron chi connectivity index (χ0n) is 9.61. The summed E-state index contributed by atoms with van der Waals surface area (Å²) in [6, 6.07) is 1.46. The van der Waals surface area contributed by atoms with Crippen LogP contribution in [0.15, 0.2) is 0 Å². The summed E-state index contributed by atoms with van der Waals surface area (Å²) in [6.45, 7) is 6.98. The molecule has 0 amide bonds. The lowest BCUT2D eigenvalue weighted by atomic mass is 9.94. The molecule has 3 heteroatoms. The zero-order valence-corrected chi connectivity index (χ0v) is 9.61. The molecule has 3 rings (SSSR count). The lowest BCUT2D eigenvalue weighted by Gasteiger charge is -2.26. The van der Waals surface area contributed by atoms with E-state index in [9.17, 15) is 0 Å². The normalized spacial score (nSPS) is 47.0. The Balaban J connectivity index is 1.64. The second-order valence-electron chi connectivity index (χ2n) is 5.35. The van der Waals surface area contributed by atoms with Crippen LogP contribution in [-0.2, 0) is 4.74 Å². The smallest absolute Gasteiger partial charge is 0.0703 e. The van der Waals surface area contributed by atoms with Gasteiger partial charge in [-0.05, 0) is 38.6 Å².